The van der Waals surface area contributed by atoms with Gasteiger partial charge < -0.3 is 25.5 Å². The summed E-state index contributed by atoms with van der Waals surface area (Å²) in [5, 5.41) is 5.93. The molecule has 1 saturated heterocycles. The normalized spacial score (nSPS) is 22.0. The van der Waals surface area contributed by atoms with Crippen molar-refractivity contribution in [2.75, 3.05) is 30.5 Å². The first kappa shape index (κ1) is 22.3. The van der Waals surface area contributed by atoms with E-state index in [2.05, 4.69) is 20.6 Å². The number of allylic oxidation sites excluding steroid dienone is 1. The summed E-state index contributed by atoms with van der Waals surface area (Å²) >= 11 is 6.40. The standard InChI is InChI=1S/C22H26ClN5O4/c23-20-19-15-7-6-14(25-22(30)32-12-13-8-9-31-11-13)10-17(15)26-18(29)5-3-1-2-4-16(24)21(27-19)28-20/h1-2,6-7,10,13,16H,3-5,8-9,11-12,24H2,(H,25,30)(H,26,29)(H,27,28)/b2-1-/t13?,16-/m0/s1. The topological polar surface area (TPSA) is 131 Å². The van der Waals surface area contributed by atoms with Crippen molar-refractivity contribution in [2.24, 2.45) is 11.7 Å². The maximum Gasteiger partial charge on any atom is 0.411 e. The molecule has 0 spiro atoms. The second-order valence-electron chi connectivity index (χ2n) is 7.90. The van der Waals surface area contributed by atoms with Crippen LogP contribution in [0.15, 0.2) is 30.4 Å². The minimum atomic E-state index is -0.566. The lowest BCUT2D eigenvalue weighted by molar-refractivity contribution is -0.116. The van der Waals surface area contributed by atoms with Gasteiger partial charge in [0.05, 0.1) is 24.9 Å². The zero-order chi connectivity index (χ0) is 22.5. The van der Waals surface area contributed by atoms with Crippen molar-refractivity contribution < 1.29 is 19.1 Å². The highest BCUT2D eigenvalue weighted by molar-refractivity contribution is 6.32. The third kappa shape index (κ3) is 5.48. The summed E-state index contributed by atoms with van der Waals surface area (Å²) < 4.78 is 10.6. The zero-order valence-corrected chi connectivity index (χ0v) is 18.3. The number of hydrogen-bond acceptors (Lipinski definition) is 6. The van der Waals surface area contributed by atoms with Gasteiger partial charge in [-0.15, -0.1) is 0 Å². The average molecular weight is 460 g/mol. The first-order valence-electron chi connectivity index (χ1n) is 10.6. The summed E-state index contributed by atoms with van der Waals surface area (Å²) in [6.45, 7) is 1.59. The number of imidazole rings is 1. The highest BCUT2D eigenvalue weighted by atomic mass is 35.5. The second kappa shape index (κ2) is 10.2. The molecule has 2 bridgehead atoms. The minimum Gasteiger partial charge on any atom is -0.449 e. The van der Waals surface area contributed by atoms with Crippen molar-refractivity contribution in [2.45, 2.75) is 31.7 Å². The van der Waals surface area contributed by atoms with E-state index in [4.69, 9.17) is 26.8 Å². The van der Waals surface area contributed by atoms with Crippen LogP contribution < -0.4 is 16.4 Å². The average Bonchev–Trinajstić information content (AvgIpc) is 3.41. The Morgan fingerprint density at radius 1 is 1.38 bits per heavy atom. The van der Waals surface area contributed by atoms with E-state index in [1.807, 2.05) is 12.2 Å². The zero-order valence-electron chi connectivity index (χ0n) is 17.5. The number of hydrogen-bond donors (Lipinski definition) is 4. The Hall–Kier alpha value is -2.88. The summed E-state index contributed by atoms with van der Waals surface area (Å²) in [4.78, 5) is 32.3. The Balaban J connectivity index is 1.57. The molecular weight excluding hydrogens is 434 g/mol. The molecule has 0 aliphatic carbocycles. The largest absolute Gasteiger partial charge is 0.449 e. The number of benzene rings is 1. The number of carbonyl (C=O) groups excluding carboxylic acids is 2. The van der Waals surface area contributed by atoms with Crippen molar-refractivity contribution in [1.82, 2.24) is 9.97 Å². The fraction of sp³-hybridized carbons (Fsp3) is 0.409. The van der Waals surface area contributed by atoms with Crippen LogP contribution in [0.2, 0.25) is 5.15 Å². The van der Waals surface area contributed by atoms with E-state index in [0.717, 1.165) is 6.42 Å². The smallest absolute Gasteiger partial charge is 0.411 e. The van der Waals surface area contributed by atoms with Gasteiger partial charge in [-0.1, -0.05) is 23.8 Å². The van der Waals surface area contributed by atoms with Crippen LogP contribution in [0.5, 0.6) is 0 Å². The van der Waals surface area contributed by atoms with Crippen LogP contribution in [0.3, 0.4) is 0 Å². The molecule has 2 amide bonds. The van der Waals surface area contributed by atoms with Gasteiger partial charge in [0.15, 0.2) is 0 Å². The van der Waals surface area contributed by atoms with Crippen LogP contribution in [0.25, 0.3) is 11.3 Å². The molecule has 0 radical (unpaired) electrons. The predicted molar refractivity (Wildman–Crippen MR) is 121 cm³/mol. The Labute approximate surface area is 190 Å². The van der Waals surface area contributed by atoms with E-state index < -0.39 is 6.09 Å². The minimum absolute atomic E-state index is 0.160. The van der Waals surface area contributed by atoms with Gasteiger partial charge >= 0.3 is 6.09 Å². The van der Waals surface area contributed by atoms with Crippen LogP contribution in [0.4, 0.5) is 16.2 Å². The molecule has 0 saturated carbocycles. The molecule has 2 atom stereocenters. The molecule has 170 valence electrons. The number of nitrogens with zero attached hydrogens (tertiary/aromatic N) is 1. The number of nitrogens with one attached hydrogen (secondary N) is 3. The molecule has 5 N–H and O–H groups in total. The number of fused-ring (bicyclic) bond motifs is 4. The Morgan fingerprint density at radius 3 is 3.06 bits per heavy atom. The van der Waals surface area contributed by atoms with Gasteiger partial charge in [-0.25, -0.2) is 9.78 Å². The van der Waals surface area contributed by atoms with Crippen LogP contribution in [0.1, 0.15) is 37.5 Å². The summed E-state index contributed by atoms with van der Waals surface area (Å²) in [5.41, 5.74) is 8.27. The van der Waals surface area contributed by atoms with Gasteiger partial charge in [0.1, 0.15) is 16.7 Å². The number of aromatic nitrogens is 2. The summed E-state index contributed by atoms with van der Waals surface area (Å²) in [6.07, 6.45) is 5.65. The number of nitrogens with two attached hydrogens (primary N) is 1. The van der Waals surface area contributed by atoms with Gasteiger partial charge in [0.2, 0.25) is 5.91 Å². The van der Waals surface area contributed by atoms with Gasteiger partial charge in [0.25, 0.3) is 0 Å². The third-order valence-corrected chi connectivity index (χ3v) is 5.67. The van der Waals surface area contributed by atoms with E-state index in [9.17, 15) is 9.59 Å². The van der Waals surface area contributed by atoms with Crippen molar-refractivity contribution in [3.05, 3.63) is 41.3 Å². The quantitative estimate of drug-likeness (QED) is 0.513. The Kier molecular flexibility index (Phi) is 7.09. The molecule has 3 heterocycles. The van der Waals surface area contributed by atoms with E-state index in [-0.39, 0.29) is 17.9 Å². The second-order valence-corrected chi connectivity index (χ2v) is 8.28. The SMILES string of the molecule is N[C@H]1C/C=C\CCC(=O)Nc2cc(NC(=O)OCC3CCOC3)ccc2-c2nc1[nH]c2Cl. The number of carbonyl (C=O) groups is 2. The lowest BCUT2D eigenvalue weighted by Crippen LogP contribution is -2.19. The molecule has 1 unspecified atom stereocenters. The van der Waals surface area contributed by atoms with Gasteiger partial charge in [-0.2, -0.15) is 0 Å². The van der Waals surface area contributed by atoms with Crippen LogP contribution in [-0.2, 0) is 14.3 Å². The maximum absolute atomic E-state index is 12.5. The molecule has 10 heteroatoms. The monoisotopic (exact) mass is 459 g/mol. The highest BCUT2D eigenvalue weighted by Gasteiger charge is 2.21. The molecule has 4 rings (SSSR count). The van der Waals surface area contributed by atoms with Crippen molar-refractivity contribution in [3.8, 4) is 11.3 Å². The molecule has 1 aromatic heterocycles. The number of aromatic amines is 1. The molecule has 1 aromatic carbocycles. The first-order valence-corrected chi connectivity index (χ1v) is 11.0. The molecular formula is C22H26ClN5O4. The van der Waals surface area contributed by atoms with Crippen molar-refractivity contribution in [1.29, 1.82) is 0 Å². The summed E-state index contributed by atoms with van der Waals surface area (Å²) in [6, 6.07) is 4.76. The maximum atomic E-state index is 12.5. The van der Waals surface area contributed by atoms with Gasteiger partial charge in [-0.05, 0) is 37.5 Å². The number of rotatable bonds is 3. The lowest BCUT2D eigenvalue weighted by Gasteiger charge is -2.14. The Morgan fingerprint density at radius 2 is 2.25 bits per heavy atom. The number of H-pyrrole nitrogens is 1. The van der Waals surface area contributed by atoms with Gasteiger partial charge in [-0.3, -0.25) is 10.1 Å². The van der Waals surface area contributed by atoms with E-state index >= 15 is 0 Å². The van der Waals surface area contributed by atoms with Crippen LogP contribution >= 0.6 is 11.6 Å². The van der Waals surface area contributed by atoms with Crippen LogP contribution in [-0.4, -0.2) is 41.8 Å². The summed E-state index contributed by atoms with van der Waals surface area (Å²) in [7, 11) is 0. The number of halogens is 1. The van der Waals surface area contributed by atoms with E-state index in [0.29, 0.717) is 72.7 Å². The van der Waals surface area contributed by atoms with Crippen molar-refractivity contribution >= 4 is 35.0 Å². The lowest BCUT2D eigenvalue weighted by atomic mass is 10.1. The Bertz CT molecular complexity index is 1020. The molecule has 9 nitrogen and oxygen atoms in total. The molecule has 2 aliphatic rings. The fourth-order valence-corrected chi connectivity index (χ4v) is 3.86. The summed E-state index contributed by atoms with van der Waals surface area (Å²) in [5.74, 6) is 0.622. The number of amides is 2. The number of anilines is 2. The molecule has 32 heavy (non-hydrogen) atoms. The van der Waals surface area contributed by atoms with Crippen molar-refractivity contribution in [3.63, 3.8) is 0 Å². The van der Waals surface area contributed by atoms with Crippen LogP contribution in [0, 0.1) is 5.92 Å². The first-order chi connectivity index (χ1) is 15.5. The van der Waals surface area contributed by atoms with E-state index in [1.54, 1.807) is 18.2 Å². The molecule has 1 fully saturated rings. The molecule has 2 aliphatic heterocycles. The number of ether oxygens (including phenoxy) is 2. The van der Waals surface area contributed by atoms with Gasteiger partial charge in [0, 0.05) is 30.2 Å². The third-order valence-electron chi connectivity index (χ3n) is 5.39. The molecule has 2 aromatic rings. The predicted octanol–water partition coefficient (Wildman–Crippen LogP) is 3.99. The highest BCUT2D eigenvalue weighted by Crippen LogP contribution is 2.35. The fourth-order valence-electron chi connectivity index (χ4n) is 3.62. The van der Waals surface area contributed by atoms with E-state index in [1.165, 1.54) is 0 Å².